The average molecular weight is 336 g/mol. The predicted molar refractivity (Wildman–Crippen MR) is 87.0 cm³/mol. The second kappa shape index (κ2) is 5.84. The fourth-order valence-corrected chi connectivity index (χ4v) is 4.00. The Morgan fingerprint density at radius 1 is 1.17 bits per heavy atom. The van der Waals surface area contributed by atoms with E-state index in [-0.39, 0.29) is 17.0 Å². The first-order chi connectivity index (χ1) is 10.9. The standard InChI is InChI=1S/C15H20N4O3S/c1-11(2)16-15(20)19-9-7-18(8-10-19)14-12-5-3-4-6-13(12)23(21,22)17-14/h3-6,11H,7-10H2,1-2H3,(H,16,20). The lowest BCUT2D eigenvalue weighted by molar-refractivity contribution is 0.167. The van der Waals surface area contributed by atoms with E-state index in [1.165, 1.54) is 0 Å². The molecule has 0 bridgehead atoms. The molecule has 2 aliphatic heterocycles. The Kier molecular flexibility index (Phi) is 4.01. The summed E-state index contributed by atoms with van der Waals surface area (Å²) >= 11 is 0. The van der Waals surface area contributed by atoms with Crippen LogP contribution < -0.4 is 5.32 Å². The van der Waals surface area contributed by atoms with Crippen molar-refractivity contribution >= 4 is 21.9 Å². The van der Waals surface area contributed by atoms with Gasteiger partial charge in [-0.2, -0.15) is 8.42 Å². The summed E-state index contributed by atoms with van der Waals surface area (Å²) < 4.78 is 28.1. The van der Waals surface area contributed by atoms with Crippen molar-refractivity contribution in [1.29, 1.82) is 0 Å². The fraction of sp³-hybridized carbons (Fsp3) is 0.467. The van der Waals surface area contributed by atoms with E-state index < -0.39 is 10.0 Å². The third-order valence-corrected chi connectivity index (χ3v) is 5.22. The van der Waals surface area contributed by atoms with E-state index in [1.54, 1.807) is 23.1 Å². The molecule has 3 rings (SSSR count). The van der Waals surface area contributed by atoms with E-state index in [2.05, 4.69) is 9.71 Å². The normalized spacial score (nSPS) is 19.5. The molecule has 1 fully saturated rings. The highest BCUT2D eigenvalue weighted by molar-refractivity contribution is 7.90. The van der Waals surface area contributed by atoms with Crippen molar-refractivity contribution in [3.05, 3.63) is 29.8 Å². The zero-order valence-electron chi connectivity index (χ0n) is 13.2. The topological polar surface area (TPSA) is 82.1 Å². The van der Waals surface area contributed by atoms with Crippen molar-refractivity contribution in [1.82, 2.24) is 15.1 Å². The monoisotopic (exact) mass is 336 g/mol. The highest BCUT2D eigenvalue weighted by Crippen LogP contribution is 2.27. The van der Waals surface area contributed by atoms with Crippen LogP contribution in [0.3, 0.4) is 0 Å². The second-order valence-corrected chi connectivity index (χ2v) is 7.54. The zero-order chi connectivity index (χ0) is 16.6. The van der Waals surface area contributed by atoms with E-state index in [0.29, 0.717) is 37.6 Å². The van der Waals surface area contributed by atoms with Crippen LogP contribution in [0.2, 0.25) is 0 Å². The predicted octanol–water partition coefficient (Wildman–Crippen LogP) is 0.871. The number of hydrogen-bond acceptors (Lipinski definition) is 4. The minimum atomic E-state index is -3.60. The Balaban J connectivity index is 1.73. The largest absolute Gasteiger partial charge is 0.352 e. The number of piperazine rings is 1. The van der Waals surface area contributed by atoms with Gasteiger partial charge in [-0.25, -0.2) is 4.79 Å². The van der Waals surface area contributed by atoms with Gasteiger partial charge in [0.15, 0.2) is 5.84 Å². The smallest absolute Gasteiger partial charge is 0.317 e. The number of carbonyl (C=O) groups is 1. The van der Waals surface area contributed by atoms with Crippen molar-refractivity contribution in [2.75, 3.05) is 26.2 Å². The van der Waals surface area contributed by atoms with Crippen LogP contribution in [0.4, 0.5) is 4.79 Å². The Morgan fingerprint density at radius 3 is 2.48 bits per heavy atom. The maximum atomic E-state index is 12.1. The van der Waals surface area contributed by atoms with Crippen LogP contribution in [0.1, 0.15) is 19.4 Å². The van der Waals surface area contributed by atoms with Gasteiger partial charge in [0, 0.05) is 37.8 Å². The van der Waals surface area contributed by atoms with E-state index in [0.717, 1.165) is 0 Å². The molecule has 0 aliphatic carbocycles. The van der Waals surface area contributed by atoms with Crippen LogP contribution in [0.5, 0.6) is 0 Å². The lowest BCUT2D eigenvalue weighted by Crippen LogP contribution is -2.54. The molecule has 1 aromatic rings. The lowest BCUT2D eigenvalue weighted by atomic mass is 10.1. The number of amides is 2. The van der Waals surface area contributed by atoms with E-state index >= 15 is 0 Å². The highest BCUT2D eigenvalue weighted by Gasteiger charge is 2.33. The maximum Gasteiger partial charge on any atom is 0.317 e. The minimum Gasteiger partial charge on any atom is -0.352 e. The molecule has 23 heavy (non-hydrogen) atoms. The number of rotatable bonds is 1. The third-order valence-electron chi connectivity index (χ3n) is 3.89. The number of urea groups is 1. The van der Waals surface area contributed by atoms with Gasteiger partial charge < -0.3 is 15.1 Å². The molecule has 2 amide bonds. The van der Waals surface area contributed by atoms with Gasteiger partial charge in [0.25, 0.3) is 10.0 Å². The summed E-state index contributed by atoms with van der Waals surface area (Å²) in [7, 11) is -3.60. The summed E-state index contributed by atoms with van der Waals surface area (Å²) in [6.07, 6.45) is 0. The summed E-state index contributed by atoms with van der Waals surface area (Å²) in [4.78, 5) is 15.9. The molecule has 0 aromatic heterocycles. The molecule has 1 aromatic carbocycles. The van der Waals surface area contributed by atoms with Gasteiger partial charge in [0.2, 0.25) is 0 Å². The Morgan fingerprint density at radius 2 is 1.83 bits per heavy atom. The average Bonchev–Trinajstić information content (AvgIpc) is 2.79. The zero-order valence-corrected chi connectivity index (χ0v) is 14.0. The number of benzene rings is 1. The number of nitrogens with zero attached hydrogens (tertiary/aromatic N) is 3. The van der Waals surface area contributed by atoms with Crippen LogP contribution in [0, 0.1) is 0 Å². The minimum absolute atomic E-state index is 0.0824. The van der Waals surface area contributed by atoms with Crippen LogP contribution in [-0.4, -0.2) is 62.3 Å². The molecule has 1 N–H and O–H groups in total. The van der Waals surface area contributed by atoms with Crippen molar-refractivity contribution < 1.29 is 13.2 Å². The Labute approximate surface area is 136 Å². The van der Waals surface area contributed by atoms with Crippen LogP contribution in [0.25, 0.3) is 0 Å². The molecular formula is C15H20N4O3S. The Bertz CT molecular complexity index is 750. The van der Waals surface area contributed by atoms with Gasteiger partial charge in [-0.15, -0.1) is 4.40 Å². The van der Waals surface area contributed by atoms with Gasteiger partial charge >= 0.3 is 6.03 Å². The fourth-order valence-electron chi connectivity index (χ4n) is 2.78. The van der Waals surface area contributed by atoms with Crippen LogP contribution in [-0.2, 0) is 10.0 Å². The van der Waals surface area contributed by atoms with E-state index in [9.17, 15) is 13.2 Å². The number of sulfonamides is 1. The quantitative estimate of drug-likeness (QED) is 0.825. The SMILES string of the molecule is CC(C)NC(=O)N1CCN(C2=NS(=O)(=O)c3ccccc32)CC1. The van der Waals surface area contributed by atoms with Gasteiger partial charge in [-0.05, 0) is 26.0 Å². The summed E-state index contributed by atoms with van der Waals surface area (Å²) in [5.74, 6) is 0.490. The number of hydrogen-bond donors (Lipinski definition) is 1. The van der Waals surface area contributed by atoms with Gasteiger partial charge in [-0.3, -0.25) is 0 Å². The van der Waals surface area contributed by atoms with Crippen LogP contribution >= 0.6 is 0 Å². The molecule has 0 radical (unpaired) electrons. The first-order valence-corrected chi connectivity index (χ1v) is 9.07. The van der Waals surface area contributed by atoms with E-state index in [1.807, 2.05) is 24.8 Å². The highest BCUT2D eigenvalue weighted by atomic mass is 32.2. The number of nitrogens with one attached hydrogen (secondary N) is 1. The maximum absolute atomic E-state index is 12.1. The van der Waals surface area contributed by atoms with Crippen LogP contribution in [0.15, 0.2) is 33.6 Å². The van der Waals surface area contributed by atoms with Crippen molar-refractivity contribution in [2.45, 2.75) is 24.8 Å². The van der Waals surface area contributed by atoms with Gasteiger partial charge in [0.05, 0.1) is 0 Å². The molecule has 7 nitrogen and oxygen atoms in total. The molecule has 0 spiro atoms. The molecule has 8 heteroatoms. The van der Waals surface area contributed by atoms with Crippen molar-refractivity contribution in [3.63, 3.8) is 0 Å². The second-order valence-electron chi connectivity index (χ2n) is 5.96. The molecule has 0 saturated carbocycles. The summed E-state index contributed by atoms with van der Waals surface area (Å²) in [6.45, 7) is 6.05. The Hall–Kier alpha value is -2.09. The number of fused-ring (bicyclic) bond motifs is 1. The van der Waals surface area contributed by atoms with Crippen molar-refractivity contribution in [2.24, 2.45) is 4.40 Å². The van der Waals surface area contributed by atoms with Gasteiger partial charge in [-0.1, -0.05) is 12.1 Å². The molecule has 2 aliphatic rings. The third kappa shape index (κ3) is 3.03. The molecule has 0 unspecified atom stereocenters. The molecule has 0 atom stereocenters. The first-order valence-electron chi connectivity index (χ1n) is 7.63. The van der Waals surface area contributed by atoms with Crippen molar-refractivity contribution in [3.8, 4) is 0 Å². The summed E-state index contributed by atoms with van der Waals surface area (Å²) in [6, 6.07) is 6.87. The summed E-state index contributed by atoms with van der Waals surface area (Å²) in [5.41, 5.74) is 0.646. The molecular weight excluding hydrogens is 316 g/mol. The molecule has 2 heterocycles. The first kappa shape index (κ1) is 15.8. The lowest BCUT2D eigenvalue weighted by Gasteiger charge is -2.36. The summed E-state index contributed by atoms with van der Waals surface area (Å²) in [5, 5.41) is 2.87. The molecule has 124 valence electrons. The van der Waals surface area contributed by atoms with Gasteiger partial charge in [0.1, 0.15) is 4.90 Å². The molecule has 1 saturated heterocycles. The van der Waals surface area contributed by atoms with E-state index in [4.69, 9.17) is 0 Å². The number of amidine groups is 1. The number of carbonyl (C=O) groups excluding carboxylic acids is 1.